The molecule has 0 amide bonds. The summed E-state index contributed by atoms with van der Waals surface area (Å²) in [5, 5.41) is 10.6. The molecule has 20 heavy (non-hydrogen) atoms. The Hall–Kier alpha value is -2.26. The van der Waals surface area contributed by atoms with Gasteiger partial charge in [0.1, 0.15) is 10.0 Å². The average Bonchev–Trinajstić information content (AvgIpc) is 2.97. The molecule has 0 spiro atoms. The van der Waals surface area contributed by atoms with Gasteiger partial charge in [0, 0.05) is 12.0 Å². The van der Waals surface area contributed by atoms with Crippen molar-refractivity contribution < 1.29 is 0 Å². The van der Waals surface area contributed by atoms with E-state index >= 15 is 0 Å². The molecule has 2 nitrogen and oxygen atoms in total. The van der Waals surface area contributed by atoms with Crippen molar-refractivity contribution >= 4 is 17.4 Å². The van der Waals surface area contributed by atoms with Gasteiger partial charge in [-0.05, 0) is 11.1 Å². The van der Waals surface area contributed by atoms with Gasteiger partial charge in [0.05, 0.1) is 0 Å². The molecule has 0 saturated heterocycles. The zero-order valence-corrected chi connectivity index (χ0v) is 11.8. The molecule has 0 bridgehead atoms. The Kier molecular flexibility index (Phi) is 3.70. The van der Waals surface area contributed by atoms with Crippen LogP contribution in [-0.4, -0.2) is 10.2 Å². The minimum absolute atomic E-state index is 0.821. The first-order valence-corrected chi connectivity index (χ1v) is 7.26. The Bertz CT molecular complexity index is 699. The normalized spacial score (nSPS) is 10.4. The molecule has 0 radical (unpaired) electrons. The number of hydrogen-bond acceptors (Lipinski definition) is 3. The molecule has 3 rings (SSSR count). The van der Waals surface area contributed by atoms with Crippen LogP contribution in [0.5, 0.6) is 0 Å². The topological polar surface area (TPSA) is 25.8 Å². The minimum Gasteiger partial charge on any atom is -0.143 e. The third-order valence-electron chi connectivity index (χ3n) is 3.06. The molecule has 0 N–H and O–H groups in total. The first-order chi connectivity index (χ1) is 9.85. The summed E-state index contributed by atoms with van der Waals surface area (Å²) in [6.07, 6.45) is 2.67. The van der Waals surface area contributed by atoms with E-state index in [9.17, 15) is 0 Å². The molecule has 0 fully saturated rings. The fraction of sp³-hybridized carbons (Fsp3) is 0.0588. The molecule has 0 unspecified atom stereocenters. The van der Waals surface area contributed by atoms with E-state index in [1.54, 1.807) is 11.3 Å². The second-order valence-electron chi connectivity index (χ2n) is 4.49. The molecule has 1 aromatic heterocycles. The van der Waals surface area contributed by atoms with Gasteiger partial charge in [0.2, 0.25) is 0 Å². The van der Waals surface area contributed by atoms with Crippen LogP contribution in [-0.2, 0) is 6.42 Å². The standard InChI is InChI=1S/C17H14N2S/c1-2-13-8-10-14(11-9-13)12-16-18-19-17(20-16)15-6-4-3-5-7-15/h2-11H,1,12H2. The highest BCUT2D eigenvalue weighted by atomic mass is 32.1. The SMILES string of the molecule is C=Cc1ccc(Cc2nnc(-c3ccccc3)s2)cc1. The zero-order valence-electron chi connectivity index (χ0n) is 11.0. The van der Waals surface area contributed by atoms with Crippen LogP contribution in [0.4, 0.5) is 0 Å². The summed E-state index contributed by atoms with van der Waals surface area (Å²) in [5.74, 6) is 0. The lowest BCUT2D eigenvalue weighted by atomic mass is 10.1. The van der Waals surface area contributed by atoms with Crippen molar-refractivity contribution in [3.8, 4) is 10.6 Å². The predicted octanol–water partition coefficient (Wildman–Crippen LogP) is 4.44. The highest BCUT2D eigenvalue weighted by Crippen LogP contribution is 2.24. The van der Waals surface area contributed by atoms with Crippen LogP contribution in [0.15, 0.2) is 61.2 Å². The monoisotopic (exact) mass is 278 g/mol. The Morgan fingerprint density at radius 1 is 0.950 bits per heavy atom. The Morgan fingerprint density at radius 3 is 2.40 bits per heavy atom. The van der Waals surface area contributed by atoms with E-state index in [1.807, 2.05) is 24.3 Å². The van der Waals surface area contributed by atoms with E-state index < -0.39 is 0 Å². The third-order valence-corrected chi connectivity index (χ3v) is 4.03. The first kappa shape index (κ1) is 12.8. The molecule has 0 atom stereocenters. The van der Waals surface area contributed by atoms with Gasteiger partial charge in [-0.15, -0.1) is 10.2 Å². The van der Waals surface area contributed by atoms with E-state index in [1.165, 1.54) is 5.56 Å². The highest BCUT2D eigenvalue weighted by Gasteiger charge is 2.06. The lowest BCUT2D eigenvalue weighted by Crippen LogP contribution is -1.87. The summed E-state index contributed by atoms with van der Waals surface area (Å²) < 4.78 is 0. The third kappa shape index (κ3) is 2.83. The van der Waals surface area contributed by atoms with Gasteiger partial charge in [-0.25, -0.2) is 0 Å². The van der Waals surface area contributed by atoms with Gasteiger partial charge in [0.25, 0.3) is 0 Å². The molecule has 0 saturated carbocycles. The summed E-state index contributed by atoms with van der Waals surface area (Å²) in [6, 6.07) is 18.5. The first-order valence-electron chi connectivity index (χ1n) is 6.44. The molecule has 3 heteroatoms. The van der Waals surface area contributed by atoms with Gasteiger partial charge in [-0.1, -0.05) is 78.6 Å². The van der Waals surface area contributed by atoms with Crippen molar-refractivity contribution in [2.45, 2.75) is 6.42 Å². The number of benzene rings is 2. The van der Waals surface area contributed by atoms with Crippen molar-refractivity contribution in [3.63, 3.8) is 0 Å². The summed E-state index contributed by atoms with van der Waals surface area (Å²) in [7, 11) is 0. The van der Waals surface area contributed by atoms with Crippen LogP contribution in [0, 0.1) is 0 Å². The van der Waals surface area contributed by atoms with Gasteiger partial charge < -0.3 is 0 Å². The van der Waals surface area contributed by atoms with Crippen LogP contribution >= 0.6 is 11.3 Å². The van der Waals surface area contributed by atoms with Crippen molar-refractivity contribution in [3.05, 3.63) is 77.3 Å². The van der Waals surface area contributed by atoms with Gasteiger partial charge >= 0.3 is 0 Å². The van der Waals surface area contributed by atoms with E-state index in [2.05, 4.69) is 53.2 Å². The summed E-state index contributed by atoms with van der Waals surface area (Å²) in [5.41, 5.74) is 3.50. The Labute approximate surface area is 122 Å². The van der Waals surface area contributed by atoms with Crippen molar-refractivity contribution in [2.24, 2.45) is 0 Å². The van der Waals surface area contributed by atoms with Gasteiger partial charge in [0.15, 0.2) is 0 Å². The van der Waals surface area contributed by atoms with E-state index in [-0.39, 0.29) is 0 Å². The van der Waals surface area contributed by atoms with Crippen LogP contribution in [0.2, 0.25) is 0 Å². The molecule has 2 aromatic carbocycles. The molecule has 0 aliphatic carbocycles. The summed E-state index contributed by atoms with van der Waals surface area (Å²) in [4.78, 5) is 0. The second kappa shape index (κ2) is 5.80. The Morgan fingerprint density at radius 2 is 1.70 bits per heavy atom. The van der Waals surface area contributed by atoms with E-state index in [4.69, 9.17) is 0 Å². The summed E-state index contributed by atoms with van der Waals surface area (Å²) >= 11 is 1.65. The second-order valence-corrected chi connectivity index (χ2v) is 5.55. The van der Waals surface area contributed by atoms with Crippen molar-refractivity contribution in [1.82, 2.24) is 10.2 Å². The maximum atomic E-state index is 4.28. The lowest BCUT2D eigenvalue weighted by molar-refractivity contribution is 1.01. The van der Waals surface area contributed by atoms with Gasteiger partial charge in [-0.3, -0.25) is 0 Å². The maximum Gasteiger partial charge on any atom is 0.147 e. The van der Waals surface area contributed by atoms with Crippen LogP contribution in [0.1, 0.15) is 16.1 Å². The average molecular weight is 278 g/mol. The fourth-order valence-corrected chi connectivity index (χ4v) is 2.85. The van der Waals surface area contributed by atoms with Crippen molar-refractivity contribution in [1.29, 1.82) is 0 Å². The van der Waals surface area contributed by atoms with Crippen LogP contribution in [0.3, 0.4) is 0 Å². The fourth-order valence-electron chi connectivity index (χ4n) is 1.97. The smallest absolute Gasteiger partial charge is 0.143 e. The van der Waals surface area contributed by atoms with Crippen LogP contribution < -0.4 is 0 Å². The molecule has 1 heterocycles. The minimum atomic E-state index is 0.821. The molecule has 98 valence electrons. The molecular formula is C17H14N2S. The predicted molar refractivity (Wildman–Crippen MR) is 84.7 cm³/mol. The molecule has 0 aliphatic heterocycles. The number of hydrogen-bond donors (Lipinski definition) is 0. The highest BCUT2D eigenvalue weighted by molar-refractivity contribution is 7.14. The van der Waals surface area contributed by atoms with E-state index in [0.29, 0.717) is 0 Å². The number of nitrogens with zero attached hydrogens (tertiary/aromatic N) is 2. The zero-order chi connectivity index (χ0) is 13.8. The largest absolute Gasteiger partial charge is 0.147 e. The van der Waals surface area contributed by atoms with E-state index in [0.717, 1.165) is 27.6 Å². The van der Waals surface area contributed by atoms with Gasteiger partial charge in [-0.2, -0.15) is 0 Å². The molecule has 3 aromatic rings. The number of aromatic nitrogens is 2. The van der Waals surface area contributed by atoms with Crippen molar-refractivity contribution in [2.75, 3.05) is 0 Å². The van der Waals surface area contributed by atoms with Crippen LogP contribution in [0.25, 0.3) is 16.6 Å². The lowest BCUT2D eigenvalue weighted by Gasteiger charge is -1.98. The molecule has 0 aliphatic rings. The number of rotatable bonds is 4. The quantitative estimate of drug-likeness (QED) is 0.705. The Balaban J connectivity index is 1.78. The summed E-state index contributed by atoms with van der Waals surface area (Å²) in [6.45, 7) is 3.76. The molecular weight excluding hydrogens is 264 g/mol. The maximum absolute atomic E-state index is 4.28.